The van der Waals surface area contributed by atoms with E-state index in [2.05, 4.69) is 44.5 Å². The minimum Gasteiger partial charge on any atom is -0.379 e. The van der Waals surface area contributed by atoms with E-state index < -0.39 is 5.82 Å². The zero-order valence-corrected chi connectivity index (χ0v) is 22.0. The molecule has 6 rings (SSSR count). The number of anilines is 1. The van der Waals surface area contributed by atoms with Crippen LogP contribution in [0.5, 0.6) is 0 Å². The second kappa shape index (κ2) is 11.0. The van der Waals surface area contributed by atoms with Crippen molar-refractivity contribution < 1.29 is 13.1 Å². The van der Waals surface area contributed by atoms with Crippen molar-refractivity contribution in [3.05, 3.63) is 125 Å². The molecule has 0 bridgehead atoms. The summed E-state index contributed by atoms with van der Waals surface area (Å²) in [6, 6.07) is 25.0. The first-order valence-electron chi connectivity index (χ1n) is 12.7. The molecule has 1 aliphatic rings. The normalized spacial score (nSPS) is 13.9. The Labute approximate surface area is 233 Å². The lowest BCUT2D eigenvalue weighted by atomic mass is 9.93. The standard InChI is InChI=1S/C30H24F2N6OS/c31-22-11-12-24(27(33)26-14-34-30-28(36-26)21(18-39)15-38(30)40-32)25(13-22)35-23-16-37(17-23)29(19-7-3-1-4-8-19)20-9-5-2-6-10-20/h1-15,18,23,29,33,35H,16-17H2. The summed E-state index contributed by atoms with van der Waals surface area (Å²) in [5.41, 5.74) is 4.07. The number of hydrogen-bond donors (Lipinski definition) is 2. The van der Waals surface area contributed by atoms with Crippen molar-refractivity contribution in [3.63, 3.8) is 0 Å². The molecule has 10 heteroatoms. The number of fused-ring (bicyclic) bond motifs is 1. The van der Waals surface area contributed by atoms with Gasteiger partial charge in [-0.3, -0.25) is 15.1 Å². The molecule has 5 aromatic rings. The third kappa shape index (κ3) is 4.87. The van der Waals surface area contributed by atoms with Crippen molar-refractivity contribution in [2.24, 2.45) is 0 Å². The zero-order chi connectivity index (χ0) is 27.6. The van der Waals surface area contributed by atoms with Gasteiger partial charge in [-0.25, -0.2) is 18.3 Å². The molecule has 0 aliphatic carbocycles. The van der Waals surface area contributed by atoms with Crippen LogP contribution < -0.4 is 5.32 Å². The van der Waals surface area contributed by atoms with Crippen LogP contribution >= 0.6 is 12.3 Å². The van der Waals surface area contributed by atoms with Crippen molar-refractivity contribution >= 4 is 41.2 Å². The molecule has 40 heavy (non-hydrogen) atoms. The number of aromatic nitrogens is 3. The number of carbonyl (C=O) groups is 1. The highest BCUT2D eigenvalue weighted by atomic mass is 32.2. The average Bonchev–Trinajstić information content (AvgIpc) is 3.34. The summed E-state index contributed by atoms with van der Waals surface area (Å²) >= 11 is -0.0900. The molecule has 0 spiro atoms. The number of benzene rings is 3. The summed E-state index contributed by atoms with van der Waals surface area (Å²) in [7, 11) is 0. The van der Waals surface area contributed by atoms with E-state index in [0.717, 1.165) is 17.1 Å². The van der Waals surface area contributed by atoms with Crippen LogP contribution in [0.3, 0.4) is 0 Å². The molecule has 2 N–H and O–H groups in total. The van der Waals surface area contributed by atoms with Crippen molar-refractivity contribution in [2.45, 2.75) is 12.1 Å². The van der Waals surface area contributed by atoms with Crippen LogP contribution in [0.1, 0.15) is 38.8 Å². The lowest BCUT2D eigenvalue weighted by Crippen LogP contribution is -2.56. The average molecular weight is 555 g/mol. The second-order valence-electron chi connectivity index (χ2n) is 9.61. The number of aldehydes is 1. The molecular formula is C30H24F2N6OS. The number of likely N-dealkylation sites (tertiary alicyclic amines) is 1. The molecule has 1 aliphatic heterocycles. The van der Waals surface area contributed by atoms with E-state index in [-0.39, 0.29) is 52.6 Å². The van der Waals surface area contributed by atoms with Gasteiger partial charge in [0, 0.05) is 30.5 Å². The van der Waals surface area contributed by atoms with Crippen LogP contribution in [0.2, 0.25) is 0 Å². The second-order valence-corrected chi connectivity index (χ2v) is 10.1. The number of rotatable bonds is 9. The number of nitrogens with zero attached hydrogens (tertiary/aromatic N) is 4. The first-order chi connectivity index (χ1) is 19.6. The van der Waals surface area contributed by atoms with Gasteiger partial charge in [0.25, 0.3) is 0 Å². The van der Waals surface area contributed by atoms with E-state index in [1.807, 2.05) is 36.4 Å². The Balaban J connectivity index is 1.24. The fourth-order valence-corrected chi connectivity index (χ4v) is 5.51. The summed E-state index contributed by atoms with van der Waals surface area (Å²) in [5, 5.41) is 12.3. The Bertz CT molecular complexity index is 1650. The summed E-state index contributed by atoms with van der Waals surface area (Å²) in [4.78, 5) is 22.5. The molecule has 3 aromatic carbocycles. The molecule has 0 radical (unpaired) electrons. The Morgan fingerprint density at radius 3 is 2.35 bits per heavy atom. The van der Waals surface area contributed by atoms with Gasteiger partial charge in [0.2, 0.25) is 0 Å². The van der Waals surface area contributed by atoms with Crippen LogP contribution in [-0.2, 0) is 0 Å². The molecule has 200 valence electrons. The Hall–Kier alpha value is -4.41. The van der Waals surface area contributed by atoms with E-state index >= 15 is 0 Å². The maximum Gasteiger partial charge on any atom is 0.171 e. The minimum atomic E-state index is -0.427. The summed E-state index contributed by atoms with van der Waals surface area (Å²) in [5.74, 6) is -0.427. The van der Waals surface area contributed by atoms with Gasteiger partial charge in [0.1, 0.15) is 17.0 Å². The van der Waals surface area contributed by atoms with Gasteiger partial charge in [0.05, 0.1) is 29.6 Å². The molecule has 7 nitrogen and oxygen atoms in total. The molecule has 0 unspecified atom stereocenters. The SMILES string of the molecule is N=C(c1cnc2c(n1)c(C=O)cn2SF)c1ccc(F)cc1NC1CN(C(c2ccccc2)c2ccccc2)C1. The Morgan fingerprint density at radius 2 is 1.73 bits per heavy atom. The van der Waals surface area contributed by atoms with Crippen LogP contribution in [0.15, 0.2) is 91.3 Å². The highest BCUT2D eigenvalue weighted by Gasteiger charge is 2.34. The number of carbonyl (C=O) groups excluding carboxylic acids is 1. The van der Waals surface area contributed by atoms with Crippen molar-refractivity contribution in [3.8, 4) is 0 Å². The largest absolute Gasteiger partial charge is 0.379 e. The lowest BCUT2D eigenvalue weighted by molar-refractivity contribution is 0.112. The maximum absolute atomic E-state index is 14.4. The summed E-state index contributed by atoms with van der Waals surface area (Å²) in [6.07, 6.45) is 3.23. The van der Waals surface area contributed by atoms with Crippen LogP contribution in [0.25, 0.3) is 11.2 Å². The first kappa shape index (κ1) is 25.8. The van der Waals surface area contributed by atoms with E-state index in [4.69, 9.17) is 5.41 Å². The van der Waals surface area contributed by atoms with Crippen molar-refractivity contribution in [1.82, 2.24) is 18.8 Å². The predicted molar refractivity (Wildman–Crippen MR) is 153 cm³/mol. The number of halogens is 2. The van der Waals surface area contributed by atoms with Gasteiger partial charge in [-0.05, 0) is 29.3 Å². The van der Waals surface area contributed by atoms with Gasteiger partial charge in [-0.15, -0.1) is 3.89 Å². The first-order valence-corrected chi connectivity index (χ1v) is 13.3. The predicted octanol–water partition coefficient (Wildman–Crippen LogP) is 6.07. The van der Waals surface area contributed by atoms with Crippen LogP contribution in [0, 0.1) is 11.2 Å². The van der Waals surface area contributed by atoms with E-state index in [1.165, 1.54) is 41.7 Å². The highest BCUT2D eigenvalue weighted by Crippen LogP contribution is 2.34. The van der Waals surface area contributed by atoms with E-state index in [1.54, 1.807) is 0 Å². The minimum absolute atomic E-state index is 0.0111. The zero-order valence-electron chi connectivity index (χ0n) is 21.2. The van der Waals surface area contributed by atoms with Gasteiger partial charge in [-0.2, -0.15) is 0 Å². The summed E-state index contributed by atoms with van der Waals surface area (Å²) in [6.45, 7) is 1.45. The third-order valence-corrected chi connectivity index (χ3v) is 7.49. The highest BCUT2D eigenvalue weighted by molar-refractivity contribution is 7.92. The third-order valence-electron chi connectivity index (χ3n) is 7.07. The van der Waals surface area contributed by atoms with Crippen LogP contribution in [0.4, 0.5) is 14.0 Å². The number of hydrogen-bond acceptors (Lipinski definition) is 7. The van der Waals surface area contributed by atoms with Crippen LogP contribution in [-0.4, -0.2) is 50.0 Å². The van der Waals surface area contributed by atoms with Gasteiger partial charge < -0.3 is 5.32 Å². The maximum atomic E-state index is 14.4. The smallest absolute Gasteiger partial charge is 0.171 e. The van der Waals surface area contributed by atoms with Gasteiger partial charge in [-0.1, -0.05) is 60.7 Å². The van der Waals surface area contributed by atoms with Gasteiger partial charge >= 0.3 is 0 Å². The van der Waals surface area contributed by atoms with Crippen molar-refractivity contribution in [2.75, 3.05) is 18.4 Å². The number of nitrogens with one attached hydrogen (secondary N) is 2. The monoisotopic (exact) mass is 554 g/mol. The molecule has 0 amide bonds. The molecule has 0 atom stereocenters. The fraction of sp³-hybridized carbons (Fsp3) is 0.133. The lowest BCUT2D eigenvalue weighted by Gasteiger charge is -2.45. The molecule has 1 fully saturated rings. The van der Waals surface area contributed by atoms with Gasteiger partial charge in [0.15, 0.2) is 24.3 Å². The van der Waals surface area contributed by atoms with E-state index in [9.17, 15) is 13.1 Å². The topological polar surface area (TPSA) is 86.9 Å². The molecule has 2 aromatic heterocycles. The van der Waals surface area contributed by atoms with Crippen molar-refractivity contribution in [1.29, 1.82) is 5.41 Å². The fourth-order valence-electron chi connectivity index (χ4n) is 5.16. The molecule has 0 saturated carbocycles. The molecule has 1 saturated heterocycles. The molecule has 3 heterocycles. The molecular weight excluding hydrogens is 530 g/mol. The Kier molecular flexibility index (Phi) is 7.10. The summed E-state index contributed by atoms with van der Waals surface area (Å²) < 4.78 is 28.7. The quantitative estimate of drug-likeness (QED) is 0.170. The Morgan fingerprint density at radius 1 is 1.05 bits per heavy atom. The van der Waals surface area contributed by atoms with E-state index in [0.29, 0.717) is 17.5 Å².